The predicted molar refractivity (Wildman–Crippen MR) is 79.2 cm³/mol. The summed E-state index contributed by atoms with van der Waals surface area (Å²) in [7, 11) is 1.82. The number of nitrogens with one attached hydrogen (secondary N) is 1. The summed E-state index contributed by atoms with van der Waals surface area (Å²) in [6.07, 6.45) is 10.0. The summed E-state index contributed by atoms with van der Waals surface area (Å²) >= 11 is 1.76. The number of aromatic nitrogens is 5. The summed E-state index contributed by atoms with van der Waals surface area (Å²) in [6.45, 7) is 0. The van der Waals surface area contributed by atoms with Gasteiger partial charge in [0.25, 0.3) is 5.95 Å². The molecular weight excluding hydrogens is 272 g/mol. The fraction of sp³-hybridized carbons (Fsp3) is 0.538. The summed E-state index contributed by atoms with van der Waals surface area (Å²) in [4.78, 5) is 13.3. The molecule has 20 heavy (non-hydrogen) atoms. The molecule has 2 heterocycles. The van der Waals surface area contributed by atoms with E-state index in [9.17, 15) is 0 Å². The van der Waals surface area contributed by atoms with E-state index in [0.717, 1.165) is 5.16 Å². The van der Waals surface area contributed by atoms with E-state index in [1.165, 1.54) is 32.1 Å². The highest BCUT2D eigenvalue weighted by Crippen LogP contribution is 2.32. The third kappa shape index (κ3) is 3.09. The monoisotopic (exact) mass is 290 g/mol. The van der Waals surface area contributed by atoms with Gasteiger partial charge >= 0.3 is 0 Å². The summed E-state index contributed by atoms with van der Waals surface area (Å²) in [5, 5.41) is 8.57. The molecule has 0 amide bonds. The van der Waals surface area contributed by atoms with E-state index >= 15 is 0 Å². The first-order chi connectivity index (χ1) is 9.85. The van der Waals surface area contributed by atoms with Gasteiger partial charge in [-0.05, 0) is 18.9 Å². The lowest BCUT2D eigenvalue weighted by Crippen LogP contribution is -2.12. The maximum Gasteiger partial charge on any atom is 0.256 e. The molecule has 0 atom stereocenters. The minimum absolute atomic E-state index is 0.563. The second-order valence-corrected chi connectivity index (χ2v) is 6.09. The Morgan fingerprint density at radius 1 is 1.20 bits per heavy atom. The zero-order valence-corrected chi connectivity index (χ0v) is 12.3. The van der Waals surface area contributed by atoms with Crippen molar-refractivity contribution in [1.29, 1.82) is 0 Å². The molecule has 1 N–H and O–H groups in total. The molecule has 3 rings (SSSR count). The van der Waals surface area contributed by atoms with Crippen LogP contribution >= 0.6 is 11.8 Å². The Hall–Kier alpha value is -1.63. The molecule has 1 fully saturated rings. The Morgan fingerprint density at radius 3 is 2.75 bits per heavy atom. The second-order valence-electron chi connectivity index (χ2n) is 4.82. The first-order valence-electron chi connectivity index (χ1n) is 6.95. The van der Waals surface area contributed by atoms with Crippen LogP contribution < -0.4 is 5.32 Å². The molecule has 6 nitrogen and oxygen atoms in total. The van der Waals surface area contributed by atoms with Crippen LogP contribution in [0.2, 0.25) is 0 Å². The molecule has 0 saturated heterocycles. The van der Waals surface area contributed by atoms with Crippen molar-refractivity contribution in [1.82, 2.24) is 24.7 Å². The van der Waals surface area contributed by atoms with Gasteiger partial charge in [-0.2, -0.15) is 20.1 Å². The minimum atomic E-state index is 0.563. The zero-order chi connectivity index (χ0) is 13.8. The highest BCUT2D eigenvalue weighted by molar-refractivity contribution is 7.99. The number of nitrogens with zero attached hydrogens (tertiary/aromatic N) is 5. The van der Waals surface area contributed by atoms with Crippen LogP contribution in [0.15, 0.2) is 23.6 Å². The van der Waals surface area contributed by atoms with Gasteiger partial charge in [0.2, 0.25) is 5.95 Å². The van der Waals surface area contributed by atoms with Gasteiger partial charge < -0.3 is 5.32 Å². The zero-order valence-electron chi connectivity index (χ0n) is 11.5. The first kappa shape index (κ1) is 13.4. The van der Waals surface area contributed by atoms with Gasteiger partial charge in [-0.3, -0.25) is 0 Å². The molecule has 0 aliphatic heterocycles. The highest BCUT2D eigenvalue weighted by atomic mass is 32.2. The molecule has 1 aliphatic carbocycles. The lowest BCUT2D eigenvalue weighted by Gasteiger charge is -2.20. The van der Waals surface area contributed by atoms with E-state index in [4.69, 9.17) is 0 Å². The van der Waals surface area contributed by atoms with Crippen LogP contribution in [0, 0.1) is 0 Å². The quantitative estimate of drug-likeness (QED) is 0.933. The van der Waals surface area contributed by atoms with Gasteiger partial charge in [-0.1, -0.05) is 31.0 Å². The molecule has 0 bridgehead atoms. The number of hydrogen-bond donors (Lipinski definition) is 1. The van der Waals surface area contributed by atoms with Crippen LogP contribution in [0.4, 0.5) is 5.95 Å². The SMILES string of the molecule is CNc1nc(SC2CCCCC2)nc(-n2cccn2)n1. The maximum atomic E-state index is 4.52. The van der Waals surface area contributed by atoms with Crippen molar-refractivity contribution in [3.63, 3.8) is 0 Å². The molecule has 106 valence electrons. The smallest absolute Gasteiger partial charge is 0.256 e. The van der Waals surface area contributed by atoms with Crippen LogP contribution in [-0.2, 0) is 0 Å². The van der Waals surface area contributed by atoms with Gasteiger partial charge in [-0.25, -0.2) is 4.68 Å². The Kier molecular flexibility index (Phi) is 4.15. The number of thioether (sulfide) groups is 1. The van der Waals surface area contributed by atoms with Crippen LogP contribution in [0.3, 0.4) is 0 Å². The fourth-order valence-corrected chi connectivity index (χ4v) is 3.47. The number of anilines is 1. The van der Waals surface area contributed by atoms with Crippen LogP contribution in [0.5, 0.6) is 0 Å². The lowest BCUT2D eigenvalue weighted by atomic mass is 10.0. The van der Waals surface area contributed by atoms with Crippen LogP contribution in [-0.4, -0.2) is 37.0 Å². The normalized spacial score (nSPS) is 16.2. The average molecular weight is 290 g/mol. The molecule has 2 aromatic rings. The maximum absolute atomic E-state index is 4.52. The Balaban J connectivity index is 1.84. The van der Waals surface area contributed by atoms with Crippen molar-refractivity contribution in [2.45, 2.75) is 42.5 Å². The Morgan fingerprint density at radius 2 is 2.05 bits per heavy atom. The molecule has 0 unspecified atom stereocenters. The molecule has 0 spiro atoms. The Bertz CT molecular complexity index is 550. The molecular formula is C13H18N6S. The van der Waals surface area contributed by atoms with Gasteiger partial charge in [0.1, 0.15) is 0 Å². The summed E-state index contributed by atoms with van der Waals surface area (Å²) in [5.41, 5.74) is 0. The summed E-state index contributed by atoms with van der Waals surface area (Å²) in [6, 6.07) is 1.86. The topological polar surface area (TPSA) is 68.5 Å². The van der Waals surface area contributed by atoms with Gasteiger partial charge in [0.05, 0.1) is 0 Å². The van der Waals surface area contributed by atoms with E-state index in [-0.39, 0.29) is 0 Å². The third-order valence-corrected chi connectivity index (χ3v) is 4.56. The van der Waals surface area contributed by atoms with Crippen LogP contribution in [0.1, 0.15) is 32.1 Å². The first-order valence-corrected chi connectivity index (χ1v) is 7.83. The van der Waals surface area contributed by atoms with Crippen molar-refractivity contribution >= 4 is 17.7 Å². The minimum Gasteiger partial charge on any atom is -0.357 e. The van der Waals surface area contributed by atoms with Crippen molar-refractivity contribution in [2.24, 2.45) is 0 Å². The predicted octanol–water partition coefficient (Wildman–Crippen LogP) is 2.52. The largest absolute Gasteiger partial charge is 0.357 e. The van der Waals surface area contributed by atoms with Gasteiger partial charge in [0, 0.05) is 24.7 Å². The lowest BCUT2D eigenvalue weighted by molar-refractivity contribution is 0.515. The molecule has 1 aliphatic rings. The van der Waals surface area contributed by atoms with Crippen molar-refractivity contribution in [2.75, 3.05) is 12.4 Å². The third-order valence-electron chi connectivity index (χ3n) is 3.36. The Labute approximate surface area is 122 Å². The fourth-order valence-electron chi connectivity index (χ4n) is 2.33. The van der Waals surface area contributed by atoms with E-state index in [1.54, 1.807) is 22.6 Å². The van der Waals surface area contributed by atoms with E-state index in [1.807, 2.05) is 19.3 Å². The standard InChI is InChI=1S/C13H18N6S/c1-14-11-16-12(19-9-5-8-15-19)18-13(17-11)20-10-6-3-2-4-7-10/h5,8-10H,2-4,6-7H2,1H3,(H,14,16,17,18). The summed E-state index contributed by atoms with van der Waals surface area (Å²) < 4.78 is 1.66. The highest BCUT2D eigenvalue weighted by Gasteiger charge is 2.17. The van der Waals surface area contributed by atoms with Crippen molar-refractivity contribution < 1.29 is 0 Å². The van der Waals surface area contributed by atoms with E-state index < -0.39 is 0 Å². The number of rotatable bonds is 4. The summed E-state index contributed by atoms with van der Waals surface area (Å²) in [5.74, 6) is 1.15. The molecule has 1 saturated carbocycles. The van der Waals surface area contributed by atoms with Gasteiger partial charge in [0.15, 0.2) is 5.16 Å². The van der Waals surface area contributed by atoms with E-state index in [0.29, 0.717) is 17.1 Å². The van der Waals surface area contributed by atoms with Crippen molar-refractivity contribution in [3.8, 4) is 5.95 Å². The number of hydrogen-bond acceptors (Lipinski definition) is 6. The molecule has 0 aromatic carbocycles. The van der Waals surface area contributed by atoms with Gasteiger partial charge in [-0.15, -0.1) is 0 Å². The second kappa shape index (κ2) is 6.21. The molecule has 7 heteroatoms. The molecule has 2 aromatic heterocycles. The molecule has 0 radical (unpaired) electrons. The average Bonchev–Trinajstić information content (AvgIpc) is 3.02. The van der Waals surface area contributed by atoms with Crippen molar-refractivity contribution in [3.05, 3.63) is 18.5 Å². The van der Waals surface area contributed by atoms with E-state index in [2.05, 4.69) is 25.4 Å². The van der Waals surface area contributed by atoms with Crippen LogP contribution in [0.25, 0.3) is 5.95 Å².